The normalized spacial score (nSPS) is 16.5. The minimum absolute atomic E-state index is 0.0142. The number of aromatic nitrogens is 1. The third-order valence-corrected chi connectivity index (χ3v) is 4.57. The summed E-state index contributed by atoms with van der Waals surface area (Å²) < 4.78 is 5.57. The van der Waals surface area contributed by atoms with Crippen LogP contribution in [0, 0.1) is 6.92 Å². The zero-order valence-corrected chi connectivity index (χ0v) is 14.4. The summed E-state index contributed by atoms with van der Waals surface area (Å²) in [5.41, 5.74) is 1.60. The van der Waals surface area contributed by atoms with Crippen LogP contribution in [0.3, 0.4) is 0 Å². The molecule has 1 aliphatic rings. The van der Waals surface area contributed by atoms with Crippen LogP contribution in [-0.2, 0) is 16.0 Å². The molecule has 7 heteroatoms. The number of rotatable bonds is 5. The zero-order chi connectivity index (χ0) is 17.1. The fourth-order valence-electron chi connectivity index (χ4n) is 2.57. The van der Waals surface area contributed by atoms with E-state index in [4.69, 9.17) is 4.74 Å². The van der Waals surface area contributed by atoms with Crippen molar-refractivity contribution in [2.24, 2.45) is 0 Å². The molecule has 1 unspecified atom stereocenters. The highest BCUT2D eigenvalue weighted by Crippen LogP contribution is 2.33. The average molecular weight is 345 g/mol. The first kappa shape index (κ1) is 16.4. The van der Waals surface area contributed by atoms with Gasteiger partial charge in [-0.3, -0.25) is 14.5 Å². The van der Waals surface area contributed by atoms with E-state index in [-0.39, 0.29) is 18.4 Å². The van der Waals surface area contributed by atoms with Gasteiger partial charge in [0.2, 0.25) is 5.91 Å². The predicted octanol–water partition coefficient (Wildman–Crippen LogP) is 1.92. The lowest BCUT2D eigenvalue weighted by atomic mass is 10.2. The number of carbonyl (C=O) groups excluding carboxylic acids is 2. The molecule has 2 amide bonds. The standard InChI is InChI=1S/C17H19N3O3S/c1-11-17(22)20(14-5-3-4-6-15(14)23-11)9-16(21)18-8-7-13-10-24-12(2)19-13/h3-6,10-11H,7-9H2,1-2H3,(H,18,21). The Morgan fingerprint density at radius 1 is 1.42 bits per heavy atom. The Morgan fingerprint density at radius 3 is 2.96 bits per heavy atom. The highest BCUT2D eigenvalue weighted by molar-refractivity contribution is 7.09. The van der Waals surface area contributed by atoms with Crippen LogP contribution in [0.5, 0.6) is 5.75 Å². The van der Waals surface area contributed by atoms with E-state index in [0.717, 1.165) is 10.7 Å². The molecule has 0 saturated carbocycles. The van der Waals surface area contributed by atoms with E-state index >= 15 is 0 Å². The van der Waals surface area contributed by atoms with Crippen molar-refractivity contribution in [3.05, 3.63) is 40.3 Å². The number of anilines is 1. The van der Waals surface area contributed by atoms with Crippen LogP contribution in [0.25, 0.3) is 0 Å². The van der Waals surface area contributed by atoms with Crippen molar-refractivity contribution in [3.63, 3.8) is 0 Å². The Balaban J connectivity index is 1.60. The molecule has 1 aromatic carbocycles. The molecule has 126 valence electrons. The number of ether oxygens (including phenoxy) is 1. The molecular weight excluding hydrogens is 326 g/mol. The van der Waals surface area contributed by atoms with Crippen molar-refractivity contribution >= 4 is 28.8 Å². The van der Waals surface area contributed by atoms with Gasteiger partial charge in [-0.25, -0.2) is 4.98 Å². The Morgan fingerprint density at radius 2 is 2.21 bits per heavy atom. The Hall–Kier alpha value is -2.41. The highest BCUT2D eigenvalue weighted by atomic mass is 32.1. The number of thiazole rings is 1. The van der Waals surface area contributed by atoms with Gasteiger partial charge in [0.15, 0.2) is 6.10 Å². The van der Waals surface area contributed by atoms with Crippen LogP contribution in [-0.4, -0.2) is 36.0 Å². The van der Waals surface area contributed by atoms with Crippen LogP contribution in [0.1, 0.15) is 17.6 Å². The first-order valence-corrected chi connectivity index (χ1v) is 8.67. The van der Waals surface area contributed by atoms with Gasteiger partial charge in [0.1, 0.15) is 12.3 Å². The van der Waals surface area contributed by atoms with Crippen LogP contribution in [0.2, 0.25) is 0 Å². The minimum Gasteiger partial charge on any atom is -0.479 e. The molecule has 24 heavy (non-hydrogen) atoms. The maximum atomic E-state index is 12.3. The fourth-order valence-corrected chi connectivity index (χ4v) is 3.22. The van der Waals surface area contributed by atoms with Crippen LogP contribution in [0.15, 0.2) is 29.6 Å². The quantitative estimate of drug-likeness (QED) is 0.899. The lowest BCUT2D eigenvalue weighted by Gasteiger charge is -2.32. The third-order valence-electron chi connectivity index (χ3n) is 3.75. The van der Waals surface area contributed by atoms with Crippen molar-refractivity contribution in [3.8, 4) is 5.75 Å². The minimum atomic E-state index is -0.592. The molecule has 0 radical (unpaired) electrons. The van der Waals surface area contributed by atoms with Crippen molar-refractivity contribution in [2.45, 2.75) is 26.4 Å². The number of para-hydroxylation sites is 2. The van der Waals surface area contributed by atoms with Crippen LogP contribution in [0.4, 0.5) is 5.69 Å². The van der Waals surface area contributed by atoms with Gasteiger partial charge in [-0.2, -0.15) is 0 Å². The van der Waals surface area contributed by atoms with E-state index < -0.39 is 6.10 Å². The second kappa shape index (κ2) is 7.00. The first-order valence-electron chi connectivity index (χ1n) is 7.79. The molecule has 1 atom stereocenters. The number of fused-ring (bicyclic) bond motifs is 1. The van der Waals surface area contributed by atoms with Gasteiger partial charge < -0.3 is 10.1 Å². The Bertz CT molecular complexity index is 759. The molecule has 2 heterocycles. The SMILES string of the molecule is Cc1nc(CCNC(=O)CN2C(=O)C(C)Oc3ccccc32)cs1. The van der Waals surface area contributed by atoms with E-state index in [2.05, 4.69) is 10.3 Å². The fraction of sp³-hybridized carbons (Fsp3) is 0.353. The lowest BCUT2D eigenvalue weighted by Crippen LogP contribution is -2.49. The molecule has 3 rings (SSSR count). The summed E-state index contributed by atoms with van der Waals surface area (Å²) in [6.45, 7) is 4.13. The number of hydrogen-bond acceptors (Lipinski definition) is 5. The topological polar surface area (TPSA) is 71.5 Å². The van der Waals surface area contributed by atoms with Gasteiger partial charge in [-0.05, 0) is 26.0 Å². The summed E-state index contributed by atoms with van der Waals surface area (Å²) in [4.78, 5) is 30.4. The van der Waals surface area contributed by atoms with E-state index in [1.807, 2.05) is 24.4 Å². The smallest absolute Gasteiger partial charge is 0.268 e. The van der Waals surface area contributed by atoms with Gasteiger partial charge in [-0.1, -0.05) is 12.1 Å². The number of nitrogens with zero attached hydrogens (tertiary/aromatic N) is 2. The van der Waals surface area contributed by atoms with Crippen molar-refractivity contribution < 1.29 is 14.3 Å². The average Bonchev–Trinajstić information content (AvgIpc) is 2.97. The maximum Gasteiger partial charge on any atom is 0.268 e. The van der Waals surface area contributed by atoms with Gasteiger partial charge in [0, 0.05) is 18.3 Å². The van der Waals surface area contributed by atoms with Gasteiger partial charge in [-0.15, -0.1) is 11.3 Å². The summed E-state index contributed by atoms with van der Waals surface area (Å²) in [6.07, 6.45) is 0.0887. The van der Waals surface area contributed by atoms with E-state index in [1.54, 1.807) is 30.4 Å². The second-order valence-corrected chi connectivity index (χ2v) is 6.67. The molecule has 1 aromatic heterocycles. The van der Waals surface area contributed by atoms with Gasteiger partial charge in [0.05, 0.1) is 16.4 Å². The number of nitrogens with one attached hydrogen (secondary N) is 1. The summed E-state index contributed by atoms with van der Waals surface area (Å²) >= 11 is 1.59. The Labute approximate surface area is 144 Å². The molecule has 0 spiro atoms. The molecule has 0 saturated heterocycles. The van der Waals surface area contributed by atoms with Crippen molar-refractivity contribution in [1.29, 1.82) is 0 Å². The number of hydrogen-bond donors (Lipinski definition) is 1. The summed E-state index contributed by atoms with van der Waals surface area (Å²) in [5, 5.41) is 5.85. The maximum absolute atomic E-state index is 12.3. The van der Waals surface area contributed by atoms with Crippen molar-refractivity contribution in [2.75, 3.05) is 18.0 Å². The largest absolute Gasteiger partial charge is 0.479 e. The molecule has 0 bridgehead atoms. The highest BCUT2D eigenvalue weighted by Gasteiger charge is 2.32. The van der Waals surface area contributed by atoms with Crippen molar-refractivity contribution in [1.82, 2.24) is 10.3 Å². The number of benzene rings is 1. The summed E-state index contributed by atoms with van der Waals surface area (Å²) in [7, 11) is 0. The van der Waals surface area contributed by atoms with E-state index in [9.17, 15) is 9.59 Å². The Kier molecular flexibility index (Phi) is 4.80. The molecular formula is C17H19N3O3S. The number of carbonyl (C=O) groups is 2. The monoisotopic (exact) mass is 345 g/mol. The second-order valence-electron chi connectivity index (χ2n) is 5.61. The lowest BCUT2D eigenvalue weighted by molar-refractivity contribution is -0.128. The molecule has 6 nitrogen and oxygen atoms in total. The number of aryl methyl sites for hydroxylation is 1. The zero-order valence-electron chi connectivity index (χ0n) is 13.6. The van der Waals surface area contributed by atoms with Gasteiger partial charge in [0.25, 0.3) is 5.91 Å². The number of amides is 2. The molecule has 0 fully saturated rings. The third kappa shape index (κ3) is 3.56. The van der Waals surface area contributed by atoms with Crippen LogP contribution < -0.4 is 15.0 Å². The van der Waals surface area contributed by atoms with E-state index in [0.29, 0.717) is 24.4 Å². The van der Waals surface area contributed by atoms with Gasteiger partial charge >= 0.3 is 0 Å². The van der Waals surface area contributed by atoms with E-state index in [1.165, 1.54) is 4.90 Å². The van der Waals surface area contributed by atoms with Crippen LogP contribution >= 0.6 is 11.3 Å². The molecule has 2 aromatic rings. The molecule has 1 N–H and O–H groups in total. The summed E-state index contributed by atoms with van der Waals surface area (Å²) in [6, 6.07) is 7.24. The summed E-state index contributed by atoms with van der Waals surface area (Å²) in [5.74, 6) is 0.216. The molecule has 0 aliphatic carbocycles. The first-order chi connectivity index (χ1) is 11.5. The predicted molar refractivity (Wildman–Crippen MR) is 92.4 cm³/mol. The molecule has 1 aliphatic heterocycles.